The van der Waals surface area contributed by atoms with E-state index in [0.717, 1.165) is 44.9 Å². The number of esters is 2. The van der Waals surface area contributed by atoms with Gasteiger partial charge in [0.2, 0.25) is 0 Å². The predicted octanol–water partition coefficient (Wildman–Crippen LogP) is 9.72. The lowest BCUT2D eigenvalue weighted by atomic mass is 10.1. The second-order valence-electron chi connectivity index (χ2n) is 12.7. The lowest BCUT2D eigenvalue weighted by molar-refractivity contribution is -0.161. The van der Waals surface area contributed by atoms with Crippen LogP contribution in [0.4, 0.5) is 0 Å². The highest BCUT2D eigenvalue weighted by Gasteiger charge is 2.27. The largest absolute Gasteiger partial charge is 0.472 e. The number of phosphoric acid groups is 1. The van der Waals surface area contributed by atoms with E-state index in [1.54, 1.807) is 0 Å². The zero-order valence-corrected chi connectivity index (χ0v) is 32.9. The molecule has 0 heterocycles. The smallest absolute Gasteiger partial charge is 0.462 e. The molecule has 0 aromatic carbocycles. The topological polar surface area (TPSA) is 149 Å². The van der Waals surface area contributed by atoms with E-state index in [-0.39, 0.29) is 19.4 Å². The van der Waals surface area contributed by atoms with Gasteiger partial charge < -0.3 is 24.6 Å². The summed E-state index contributed by atoms with van der Waals surface area (Å²) in [6.07, 6.45) is 40.3. The molecule has 0 aliphatic carbocycles. The highest BCUT2D eigenvalue weighted by molar-refractivity contribution is 7.47. The lowest BCUT2D eigenvalue weighted by Crippen LogP contribution is -2.29. The molecule has 3 atom stereocenters. The van der Waals surface area contributed by atoms with Crippen LogP contribution < -0.4 is 0 Å². The average molecular weight is 753 g/mol. The van der Waals surface area contributed by atoms with Crippen LogP contribution in [0.1, 0.15) is 136 Å². The number of phosphoric ester groups is 1. The van der Waals surface area contributed by atoms with E-state index in [1.165, 1.54) is 44.9 Å². The van der Waals surface area contributed by atoms with E-state index in [9.17, 15) is 24.2 Å². The molecule has 52 heavy (non-hydrogen) atoms. The van der Waals surface area contributed by atoms with Crippen LogP contribution in [-0.2, 0) is 32.7 Å². The summed E-state index contributed by atoms with van der Waals surface area (Å²) in [5, 5.41) is 18.3. The van der Waals surface area contributed by atoms with E-state index >= 15 is 0 Å². The zero-order chi connectivity index (χ0) is 38.4. The number of allylic oxidation sites excluding steroid dienone is 12. The minimum atomic E-state index is -4.64. The Morgan fingerprint density at radius 3 is 1.69 bits per heavy atom. The molecule has 2 unspecified atom stereocenters. The lowest BCUT2D eigenvalue weighted by Gasteiger charge is -2.20. The highest BCUT2D eigenvalue weighted by atomic mass is 31.2. The van der Waals surface area contributed by atoms with Crippen LogP contribution in [0.15, 0.2) is 72.9 Å². The molecule has 0 saturated carbocycles. The van der Waals surface area contributed by atoms with Gasteiger partial charge in [0.25, 0.3) is 0 Å². The molecule has 0 fully saturated rings. The molecule has 0 aromatic heterocycles. The number of unbranched alkanes of at least 4 members (excludes halogenated alkanes) is 13. The normalized spacial score (nSPS) is 14.8. The van der Waals surface area contributed by atoms with Gasteiger partial charge >= 0.3 is 19.8 Å². The van der Waals surface area contributed by atoms with Crippen LogP contribution in [0.5, 0.6) is 0 Å². The van der Waals surface area contributed by atoms with Crippen molar-refractivity contribution in [1.29, 1.82) is 0 Å². The third-order valence-corrected chi connectivity index (χ3v) is 8.67. The number of carbonyl (C=O) groups excluding carboxylic acids is 2. The van der Waals surface area contributed by atoms with Gasteiger partial charge in [-0.1, -0.05) is 145 Å². The fourth-order valence-electron chi connectivity index (χ4n) is 4.72. The summed E-state index contributed by atoms with van der Waals surface area (Å²) in [5.41, 5.74) is 0. The molecule has 0 bridgehead atoms. The molecular formula is C41H69O10P. The molecule has 10 nitrogen and oxygen atoms in total. The Morgan fingerprint density at radius 1 is 0.596 bits per heavy atom. The van der Waals surface area contributed by atoms with E-state index < -0.39 is 51.8 Å². The van der Waals surface area contributed by atoms with E-state index in [1.807, 2.05) is 54.7 Å². The molecule has 0 radical (unpaired) electrons. The third kappa shape index (κ3) is 35.8. The first-order valence-electron chi connectivity index (χ1n) is 19.5. The summed E-state index contributed by atoms with van der Waals surface area (Å²) in [4.78, 5) is 34.8. The number of aliphatic hydroxyl groups is 2. The van der Waals surface area contributed by atoms with Gasteiger partial charge in [0, 0.05) is 12.8 Å². The molecule has 0 rings (SSSR count). The molecule has 0 saturated heterocycles. The first-order valence-corrected chi connectivity index (χ1v) is 21.0. The Balaban J connectivity index is 4.48. The molecule has 0 aromatic rings. The summed E-state index contributed by atoms with van der Waals surface area (Å²) in [6.45, 7) is 2.11. The fourth-order valence-corrected chi connectivity index (χ4v) is 5.51. The van der Waals surface area contributed by atoms with Crippen LogP contribution in [0.2, 0.25) is 0 Å². The van der Waals surface area contributed by atoms with Crippen molar-refractivity contribution in [2.75, 3.05) is 26.4 Å². The number of carbonyl (C=O) groups is 2. The summed E-state index contributed by atoms with van der Waals surface area (Å²) in [7, 11) is -4.64. The van der Waals surface area contributed by atoms with Gasteiger partial charge in [-0.25, -0.2) is 4.57 Å². The Kier molecular flexibility index (Phi) is 34.9. The quantitative estimate of drug-likeness (QED) is 0.0188. The standard InChI is InChI=1S/C41H69O10P/c1-3-5-7-9-11-13-15-17-18-19-21-22-24-26-28-30-32-40(44)48-36-39(37-50-52(46,47)49-35-38(43)34-42)51-41(45)33-31-29-27-25-23-20-16-14-12-10-8-6-4-2/h6,8,10,12,14,16,18-20,23,25,27,38-39,42-43H,3-5,7,9,11,13,15,17,21-22,24,26,28-37H2,1-2H3,(H,46,47)/b8-6+,12-10+,16-14+,19-18+,23-20+,27-25+/t38-,39?/m0/s1. The summed E-state index contributed by atoms with van der Waals surface area (Å²) >= 11 is 0. The van der Waals surface area contributed by atoms with Crippen LogP contribution in [0.3, 0.4) is 0 Å². The fraction of sp³-hybridized carbons (Fsp3) is 0.659. The molecule has 11 heteroatoms. The van der Waals surface area contributed by atoms with Gasteiger partial charge in [-0.05, 0) is 51.4 Å². The van der Waals surface area contributed by atoms with Gasteiger partial charge in [0.1, 0.15) is 12.7 Å². The molecule has 0 aliphatic rings. The van der Waals surface area contributed by atoms with Gasteiger partial charge in [-0.15, -0.1) is 0 Å². The molecule has 0 spiro atoms. The molecule has 298 valence electrons. The van der Waals surface area contributed by atoms with Crippen molar-refractivity contribution in [2.24, 2.45) is 0 Å². The van der Waals surface area contributed by atoms with Crippen molar-refractivity contribution >= 4 is 19.8 Å². The minimum absolute atomic E-state index is 0.0828. The monoisotopic (exact) mass is 752 g/mol. The van der Waals surface area contributed by atoms with Crippen molar-refractivity contribution < 1.29 is 47.8 Å². The number of hydrogen-bond donors (Lipinski definition) is 3. The molecule has 0 amide bonds. The Hall–Kier alpha value is -2.59. The number of ether oxygens (including phenoxy) is 2. The SMILES string of the molecule is CC/C=C/C=C/C=C/C=C/C=C/CCCC(=O)OC(COC(=O)CCCCCCC/C=C/CCCCCCCCC)COP(=O)(O)OC[C@@H](O)CO. The van der Waals surface area contributed by atoms with E-state index in [4.69, 9.17) is 19.1 Å². The van der Waals surface area contributed by atoms with E-state index in [0.29, 0.717) is 19.3 Å². The first-order chi connectivity index (χ1) is 25.2. The van der Waals surface area contributed by atoms with Crippen LogP contribution in [0.25, 0.3) is 0 Å². The highest BCUT2D eigenvalue weighted by Crippen LogP contribution is 2.43. The van der Waals surface area contributed by atoms with Crippen molar-refractivity contribution in [3.05, 3.63) is 72.9 Å². The Labute approximate surface area is 314 Å². The second-order valence-corrected chi connectivity index (χ2v) is 14.1. The van der Waals surface area contributed by atoms with Gasteiger partial charge in [0.05, 0.1) is 19.8 Å². The Bertz CT molecular complexity index is 1100. The minimum Gasteiger partial charge on any atom is -0.462 e. The Morgan fingerprint density at radius 2 is 1.10 bits per heavy atom. The van der Waals surface area contributed by atoms with Crippen molar-refractivity contribution in [2.45, 2.75) is 148 Å². The van der Waals surface area contributed by atoms with Crippen LogP contribution in [0, 0.1) is 0 Å². The van der Waals surface area contributed by atoms with Crippen molar-refractivity contribution in [3.63, 3.8) is 0 Å². The second kappa shape index (κ2) is 36.8. The number of rotatable bonds is 35. The van der Waals surface area contributed by atoms with Gasteiger partial charge in [0.15, 0.2) is 6.10 Å². The zero-order valence-electron chi connectivity index (χ0n) is 32.0. The van der Waals surface area contributed by atoms with Crippen LogP contribution in [-0.4, -0.2) is 65.7 Å². The summed E-state index contributed by atoms with van der Waals surface area (Å²) < 4.78 is 32.5. The molecule has 3 N–H and O–H groups in total. The maximum absolute atomic E-state index is 12.5. The number of hydrogen-bond acceptors (Lipinski definition) is 9. The average Bonchev–Trinajstić information content (AvgIpc) is 3.13. The van der Waals surface area contributed by atoms with Crippen molar-refractivity contribution in [3.8, 4) is 0 Å². The van der Waals surface area contributed by atoms with Crippen LogP contribution >= 0.6 is 7.82 Å². The van der Waals surface area contributed by atoms with Crippen molar-refractivity contribution in [1.82, 2.24) is 0 Å². The third-order valence-electron chi connectivity index (χ3n) is 7.72. The summed E-state index contributed by atoms with van der Waals surface area (Å²) in [6, 6.07) is 0. The maximum atomic E-state index is 12.5. The number of aliphatic hydroxyl groups excluding tert-OH is 2. The summed E-state index contributed by atoms with van der Waals surface area (Å²) in [5.74, 6) is -1.03. The van der Waals surface area contributed by atoms with Gasteiger partial charge in [-0.3, -0.25) is 18.6 Å². The molecule has 0 aliphatic heterocycles. The molecular weight excluding hydrogens is 683 g/mol. The maximum Gasteiger partial charge on any atom is 0.472 e. The van der Waals surface area contributed by atoms with E-state index in [2.05, 4.69) is 36.6 Å². The van der Waals surface area contributed by atoms with Gasteiger partial charge in [-0.2, -0.15) is 0 Å². The first kappa shape index (κ1) is 49.4. The predicted molar refractivity (Wildman–Crippen MR) is 210 cm³/mol.